The van der Waals surface area contributed by atoms with Gasteiger partial charge in [0.05, 0.1) is 6.61 Å². The number of aliphatic hydroxyl groups excluding tert-OH is 1. The van der Waals surface area contributed by atoms with E-state index < -0.39 is 0 Å². The largest absolute Gasteiger partial charge is 0.396 e. The average Bonchev–Trinajstić information content (AvgIpc) is 2.12. The molecular formula is C11H20ClNO. The fourth-order valence-corrected chi connectivity index (χ4v) is 4.48. The van der Waals surface area contributed by atoms with Gasteiger partial charge in [-0.1, -0.05) is 0 Å². The van der Waals surface area contributed by atoms with Gasteiger partial charge in [-0.25, -0.2) is 0 Å². The summed E-state index contributed by atoms with van der Waals surface area (Å²) in [5, 5.41) is 9.52. The standard InChI is InChI=1S/C11H19NO.ClH/c12-10-9-2-7-1-8(3-9)5-11(10,4-7)6-13;/h7-10,13H,1-6,12H2;1H. The van der Waals surface area contributed by atoms with Crippen LogP contribution in [0.1, 0.15) is 32.1 Å². The van der Waals surface area contributed by atoms with Crippen LogP contribution in [0.2, 0.25) is 0 Å². The molecule has 82 valence electrons. The van der Waals surface area contributed by atoms with E-state index >= 15 is 0 Å². The van der Waals surface area contributed by atoms with Gasteiger partial charge >= 0.3 is 0 Å². The molecule has 14 heavy (non-hydrogen) atoms. The highest BCUT2D eigenvalue weighted by atomic mass is 35.5. The Morgan fingerprint density at radius 3 is 2.21 bits per heavy atom. The molecule has 0 aliphatic heterocycles. The first-order chi connectivity index (χ1) is 6.23. The molecule has 0 spiro atoms. The van der Waals surface area contributed by atoms with Gasteiger partial charge in [-0.2, -0.15) is 0 Å². The molecule has 2 nitrogen and oxygen atoms in total. The molecule has 0 aromatic carbocycles. The Kier molecular flexibility index (Phi) is 2.57. The van der Waals surface area contributed by atoms with Crippen LogP contribution in [-0.2, 0) is 0 Å². The Balaban J connectivity index is 0.000000750. The van der Waals surface area contributed by atoms with Crippen molar-refractivity contribution in [3.63, 3.8) is 0 Å². The Bertz CT molecular complexity index is 219. The lowest BCUT2D eigenvalue weighted by molar-refractivity contribution is -0.0971. The first-order valence-electron chi connectivity index (χ1n) is 5.60. The molecule has 4 saturated carbocycles. The second kappa shape index (κ2) is 3.36. The molecule has 3 heteroatoms. The molecular weight excluding hydrogens is 198 g/mol. The van der Waals surface area contributed by atoms with E-state index in [4.69, 9.17) is 5.73 Å². The highest BCUT2D eigenvalue weighted by Gasteiger charge is 2.55. The van der Waals surface area contributed by atoms with Gasteiger partial charge in [0.15, 0.2) is 0 Å². The summed E-state index contributed by atoms with van der Waals surface area (Å²) in [5.74, 6) is 2.52. The molecule has 3 N–H and O–H groups in total. The monoisotopic (exact) mass is 217 g/mol. The van der Waals surface area contributed by atoms with Crippen LogP contribution in [0, 0.1) is 23.2 Å². The minimum atomic E-state index is 0. The summed E-state index contributed by atoms with van der Waals surface area (Å²) in [6.45, 7) is 0.331. The minimum absolute atomic E-state index is 0. The van der Waals surface area contributed by atoms with Crippen molar-refractivity contribution >= 4 is 12.4 Å². The van der Waals surface area contributed by atoms with Crippen LogP contribution in [-0.4, -0.2) is 17.8 Å². The molecule has 0 heterocycles. The van der Waals surface area contributed by atoms with E-state index in [9.17, 15) is 5.11 Å². The van der Waals surface area contributed by atoms with Gasteiger partial charge in [0.25, 0.3) is 0 Å². The Morgan fingerprint density at radius 2 is 1.71 bits per heavy atom. The summed E-state index contributed by atoms with van der Waals surface area (Å²) in [5.41, 5.74) is 6.39. The zero-order valence-corrected chi connectivity index (χ0v) is 9.30. The zero-order valence-electron chi connectivity index (χ0n) is 8.48. The number of halogens is 1. The molecule has 4 rings (SSSR count). The Hall–Kier alpha value is 0.210. The van der Waals surface area contributed by atoms with E-state index in [0.717, 1.165) is 17.8 Å². The third-order valence-corrected chi connectivity index (χ3v) is 4.86. The van der Waals surface area contributed by atoms with Crippen molar-refractivity contribution in [1.82, 2.24) is 0 Å². The maximum atomic E-state index is 9.52. The van der Waals surface area contributed by atoms with Crippen molar-refractivity contribution in [1.29, 1.82) is 0 Å². The van der Waals surface area contributed by atoms with Gasteiger partial charge in [-0.3, -0.25) is 0 Å². The maximum absolute atomic E-state index is 9.52. The highest BCUT2D eigenvalue weighted by Crippen LogP contribution is 2.59. The van der Waals surface area contributed by atoms with Gasteiger partial charge in [0, 0.05) is 11.5 Å². The van der Waals surface area contributed by atoms with Crippen molar-refractivity contribution in [2.75, 3.05) is 6.61 Å². The average molecular weight is 218 g/mol. The summed E-state index contributed by atoms with van der Waals surface area (Å²) in [6.07, 6.45) is 6.53. The molecule has 0 amide bonds. The number of hydrogen-bond donors (Lipinski definition) is 2. The lowest BCUT2D eigenvalue weighted by Crippen LogP contribution is -2.61. The predicted molar refractivity (Wildman–Crippen MR) is 58.3 cm³/mol. The molecule has 3 atom stereocenters. The fourth-order valence-electron chi connectivity index (χ4n) is 4.48. The zero-order chi connectivity index (χ0) is 9.05. The number of rotatable bonds is 1. The van der Waals surface area contributed by atoms with E-state index in [-0.39, 0.29) is 17.8 Å². The van der Waals surface area contributed by atoms with Crippen LogP contribution in [0.5, 0.6) is 0 Å². The first kappa shape index (κ1) is 10.7. The SMILES string of the molecule is Cl.NC1C2CC3CC(C2)CC1(CO)C3. The molecule has 4 fully saturated rings. The van der Waals surface area contributed by atoms with Gasteiger partial charge in [0.1, 0.15) is 0 Å². The summed E-state index contributed by atoms with van der Waals surface area (Å²) in [7, 11) is 0. The first-order valence-corrected chi connectivity index (χ1v) is 5.60. The van der Waals surface area contributed by atoms with Gasteiger partial charge in [-0.05, 0) is 49.9 Å². The summed E-state index contributed by atoms with van der Waals surface area (Å²) in [4.78, 5) is 0. The Labute approximate surface area is 91.7 Å². The summed E-state index contributed by atoms with van der Waals surface area (Å²) < 4.78 is 0. The third-order valence-electron chi connectivity index (χ3n) is 4.86. The van der Waals surface area contributed by atoms with Crippen molar-refractivity contribution < 1.29 is 5.11 Å². The van der Waals surface area contributed by atoms with Crippen LogP contribution in [0.15, 0.2) is 0 Å². The van der Waals surface area contributed by atoms with Crippen molar-refractivity contribution in [3.8, 4) is 0 Å². The maximum Gasteiger partial charge on any atom is 0.0502 e. The second-order valence-corrected chi connectivity index (χ2v) is 5.65. The van der Waals surface area contributed by atoms with Crippen molar-refractivity contribution in [3.05, 3.63) is 0 Å². The second-order valence-electron chi connectivity index (χ2n) is 5.65. The van der Waals surface area contributed by atoms with E-state index in [2.05, 4.69) is 0 Å². The van der Waals surface area contributed by atoms with E-state index in [0.29, 0.717) is 12.6 Å². The van der Waals surface area contributed by atoms with Gasteiger partial charge < -0.3 is 10.8 Å². The minimum Gasteiger partial charge on any atom is -0.396 e. The molecule has 4 bridgehead atoms. The lowest BCUT2D eigenvalue weighted by Gasteiger charge is -2.59. The van der Waals surface area contributed by atoms with Gasteiger partial charge in [-0.15, -0.1) is 12.4 Å². The molecule has 3 unspecified atom stereocenters. The van der Waals surface area contributed by atoms with Crippen LogP contribution >= 0.6 is 12.4 Å². The van der Waals surface area contributed by atoms with E-state index in [1.54, 1.807) is 0 Å². The van der Waals surface area contributed by atoms with Crippen molar-refractivity contribution in [2.45, 2.75) is 38.1 Å². The molecule has 4 aliphatic rings. The third kappa shape index (κ3) is 1.24. The summed E-state index contributed by atoms with van der Waals surface area (Å²) >= 11 is 0. The van der Waals surface area contributed by atoms with E-state index in [1.807, 2.05) is 0 Å². The normalized spacial score (nSPS) is 54.4. The van der Waals surface area contributed by atoms with Gasteiger partial charge in [0.2, 0.25) is 0 Å². The predicted octanol–water partition coefficient (Wildman–Crippen LogP) is 1.55. The molecule has 0 saturated heterocycles. The Morgan fingerprint density at radius 1 is 1.14 bits per heavy atom. The van der Waals surface area contributed by atoms with Crippen LogP contribution in [0.25, 0.3) is 0 Å². The van der Waals surface area contributed by atoms with Crippen LogP contribution in [0.4, 0.5) is 0 Å². The van der Waals surface area contributed by atoms with Crippen LogP contribution in [0.3, 0.4) is 0 Å². The fraction of sp³-hybridized carbons (Fsp3) is 1.00. The molecule has 0 aromatic heterocycles. The number of aliphatic hydroxyl groups is 1. The topological polar surface area (TPSA) is 46.2 Å². The molecule has 4 aliphatic carbocycles. The smallest absolute Gasteiger partial charge is 0.0502 e. The van der Waals surface area contributed by atoms with E-state index in [1.165, 1.54) is 32.1 Å². The summed E-state index contributed by atoms with van der Waals surface area (Å²) in [6, 6.07) is 0.297. The highest BCUT2D eigenvalue weighted by molar-refractivity contribution is 5.85. The lowest BCUT2D eigenvalue weighted by atomic mass is 9.48. The molecule has 0 radical (unpaired) electrons. The van der Waals surface area contributed by atoms with Crippen LogP contribution < -0.4 is 5.73 Å². The number of hydrogen-bond acceptors (Lipinski definition) is 2. The molecule has 0 aromatic rings. The quantitative estimate of drug-likeness (QED) is 0.700. The van der Waals surface area contributed by atoms with Crippen molar-refractivity contribution in [2.24, 2.45) is 28.9 Å². The number of nitrogens with two attached hydrogens (primary N) is 1.